The lowest BCUT2D eigenvalue weighted by atomic mass is 10.1. The summed E-state index contributed by atoms with van der Waals surface area (Å²) < 4.78 is 5.11. The van der Waals surface area contributed by atoms with E-state index in [2.05, 4.69) is 0 Å². The van der Waals surface area contributed by atoms with Crippen LogP contribution in [0.25, 0.3) is 0 Å². The summed E-state index contributed by atoms with van der Waals surface area (Å²) in [5.74, 6) is -4.16. The summed E-state index contributed by atoms with van der Waals surface area (Å²) in [6.07, 6.45) is 0. The van der Waals surface area contributed by atoms with Gasteiger partial charge in [0, 0.05) is 17.7 Å². The molecule has 0 fully saturated rings. The van der Waals surface area contributed by atoms with Gasteiger partial charge in [-0.3, -0.25) is 20.2 Å². The van der Waals surface area contributed by atoms with Crippen molar-refractivity contribution in [2.24, 2.45) is 0 Å². The van der Waals surface area contributed by atoms with Gasteiger partial charge in [0.25, 0.3) is 11.4 Å². The van der Waals surface area contributed by atoms with Crippen LogP contribution in [0.2, 0.25) is 0 Å². The van der Waals surface area contributed by atoms with E-state index < -0.39 is 55.8 Å². The second kappa shape index (κ2) is 12.2. The second-order valence-electron chi connectivity index (χ2n) is 7.55. The highest BCUT2D eigenvalue weighted by Gasteiger charge is 2.28. The molecule has 196 valence electrons. The first-order valence-electron chi connectivity index (χ1n) is 10.6. The molecule has 0 unspecified atom stereocenters. The first kappa shape index (κ1) is 27.4. The maximum Gasteiger partial charge on any atom is 0.343 e. The average Bonchev–Trinajstić information content (AvgIpc) is 2.89. The van der Waals surface area contributed by atoms with E-state index in [-0.39, 0.29) is 25.4 Å². The van der Waals surface area contributed by atoms with E-state index in [4.69, 9.17) is 14.5 Å². The molecule has 0 saturated heterocycles. The normalized spacial score (nSPS) is 10.5. The second-order valence-corrected chi connectivity index (χ2v) is 7.55. The Morgan fingerprint density at radius 1 is 0.684 bits per heavy atom. The highest BCUT2D eigenvalue weighted by molar-refractivity contribution is 6.05. The van der Waals surface area contributed by atoms with Crippen LogP contribution in [-0.2, 0) is 34.3 Å². The Kier molecular flexibility index (Phi) is 8.76. The zero-order chi connectivity index (χ0) is 27.8. The van der Waals surface area contributed by atoms with Crippen LogP contribution in [0, 0.1) is 20.2 Å². The summed E-state index contributed by atoms with van der Waals surface area (Å²) in [5.41, 5.74) is -1.83. The maximum absolute atomic E-state index is 12.4. The molecule has 14 nitrogen and oxygen atoms in total. The Morgan fingerprint density at radius 2 is 1.18 bits per heavy atom. The van der Waals surface area contributed by atoms with Gasteiger partial charge in [-0.15, -0.1) is 0 Å². The van der Waals surface area contributed by atoms with Crippen molar-refractivity contribution < 1.29 is 49.0 Å². The lowest BCUT2D eigenvalue weighted by Crippen LogP contribution is -2.13. The maximum atomic E-state index is 12.4. The summed E-state index contributed by atoms with van der Waals surface area (Å²) in [4.78, 5) is 65.7. The van der Waals surface area contributed by atoms with Crippen LogP contribution in [0.5, 0.6) is 0 Å². The van der Waals surface area contributed by atoms with Crippen molar-refractivity contribution in [2.75, 3.05) is 0 Å². The first-order valence-corrected chi connectivity index (χ1v) is 10.6. The number of ether oxygens (including phenoxy) is 1. The molecule has 0 aliphatic heterocycles. The number of nitro groups is 2. The minimum Gasteiger partial charge on any atom is -0.477 e. The van der Waals surface area contributed by atoms with Crippen LogP contribution in [0.1, 0.15) is 47.8 Å². The largest absolute Gasteiger partial charge is 0.477 e. The molecule has 0 bridgehead atoms. The fraction of sp³-hybridized carbons (Fsp3) is 0.125. The number of nitrogens with zero attached hydrogens (tertiary/aromatic N) is 2. The van der Waals surface area contributed by atoms with Crippen molar-refractivity contribution in [1.29, 1.82) is 0 Å². The third-order valence-corrected chi connectivity index (χ3v) is 5.13. The molecule has 0 aromatic heterocycles. The van der Waals surface area contributed by atoms with E-state index in [1.54, 1.807) is 24.3 Å². The third kappa shape index (κ3) is 6.51. The monoisotopic (exact) mass is 526 g/mol. The third-order valence-electron chi connectivity index (χ3n) is 5.13. The molecular formula is C24H18N2O12. The molecule has 0 saturated carbocycles. The van der Waals surface area contributed by atoms with E-state index in [1.807, 2.05) is 0 Å². The van der Waals surface area contributed by atoms with Crippen molar-refractivity contribution in [1.82, 2.24) is 0 Å². The van der Waals surface area contributed by atoms with Gasteiger partial charge in [0.2, 0.25) is 0 Å². The molecule has 0 radical (unpaired) electrons. The predicted molar refractivity (Wildman–Crippen MR) is 125 cm³/mol. The van der Waals surface area contributed by atoms with Gasteiger partial charge < -0.3 is 14.9 Å². The summed E-state index contributed by atoms with van der Waals surface area (Å²) in [6.45, 7) is -0.663. The van der Waals surface area contributed by atoms with Crippen LogP contribution in [0.3, 0.4) is 0 Å². The molecule has 0 atom stereocenters. The summed E-state index contributed by atoms with van der Waals surface area (Å²) in [5, 5.41) is 40.7. The van der Waals surface area contributed by atoms with Crippen molar-refractivity contribution in [2.45, 2.75) is 19.8 Å². The number of carbonyl (C=O) groups excluding carboxylic acids is 1. The van der Waals surface area contributed by atoms with Crippen molar-refractivity contribution in [3.05, 3.63) is 114 Å². The van der Waals surface area contributed by atoms with Gasteiger partial charge in [-0.05, 0) is 17.2 Å². The number of carboxylic acid groups (broad SMARTS) is 2. The molecule has 38 heavy (non-hydrogen) atoms. The molecule has 3 rings (SSSR count). The predicted octanol–water partition coefficient (Wildman–Crippen LogP) is 3.90. The van der Waals surface area contributed by atoms with Gasteiger partial charge in [-0.1, -0.05) is 42.5 Å². The first-order chi connectivity index (χ1) is 18.1. The van der Waals surface area contributed by atoms with Gasteiger partial charge in [0.15, 0.2) is 5.56 Å². The van der Waals surface area contributed by atoms with Crippen molar-refractivity contribution in [3.8, 4) is 0 Å². The summed E-state index contributed by atoms with van der Waals surface area (Å²) in [6, 6.07) is 13.4. The number of benzene rings is 3. The van der Waals surface area contributed by atoms with Gasteiger partial charge in [-0.25, -0.2) is 24.2 Å². The van der Waals surface area contributed by atoms with Crippen LogP contribution in [0.4, 0.5) is 11.4 Å². The van der Waals surface area contributed by atoms with Gasteiger partial charge in [0.05, 0.1) is 15.4 Å². The van der Waals surface area contributed by atoms with E-state index in [0.29, 0.717) is 11.1 Å². The smallest absolute Gasteiger partial charge is 0.343 e. The fourth-order valence-electron chi connectivity index (χ4n) is 3.37. The van der Waals surface area contributed by atoms with E-state index in [0.717, 1.165) is 18.2 Å². The SMILES string of the molecule is O=C(OCc1ccc(COOCc2cccc([N+](=O)[O-])c2C(=O)O)cc1)c1cccc([N+](=O)[O-])c1C(=O)O. The Labute approximate surface area is 212 Å². The number of hydrogen-bond acceptors (Lipinski definition) is 10. The minimum absolute atomic E-state index is 0.0543. The van der Waals surface area contributed by atoms with Crippen LogP contribution in [-0.4, -0.2) is 38.0 Å². The van der Waals surface area contributed by atoms with E-state index in [1.165, 1.54) is 18.2 Å². The highest BCUT2D eigenvalue weighted by atomic mass is 17.2. The molecule has 0 spiro atoms. The van der Waals surface area contributed by atoms with Crippen molar-refractivity contribution in [3.63, 3.8) is 0 Å². The van der Waals surface area contributed by atoms with E-state index >= 15 is 0 Å². The molecule has 0 aliphatic carbocycles. The number of rotatable bonds is 12. The Bertz CT molecular complexity index is 1400. The molecule has 14 heteroatoms. The zero-order valence-corrected chi connectivity index (χ0v) is 19.3. The Balaban J connectivity index is 1.55. The van der Waals surface area contributed by atoms with Gasteiger partial charge in [-0.2, -0.15) is 0 Å². The van der Waals surface area contributed by atoms with Gasteiger partial charge >= 0.3 is 17.9 Å². The molecule has 3 aromatic carbocycles. The number of carboxylic acids is 2. The molecule has 3 aromatic rings. The van der Waals surface area contributed by atoms with Crippen LogP contribution >= 0.6 is 0 Å². The molecule has 2 N–H and O–H groups in total. The highest BCUT2D eigenvalue weighted by Crippen LogP contribution is 2.24. The molecule has 0 amide bonds. The molecular weight excluding hydrogens is 508 g/mol. The fourth-order valence-corrected chi connectivity index (χ4v) is 3.37. The Morgan fingerprint density at radius 3 is 1.74 bits per heavy atom. The lowest BCUT2D eigenvalue weighted by Gasteiger charge is -2.09. The number of aromatic carboxylic acids is 2. The van der Waals surface area contributed by atoms with Gasteiger partial charge in [0.1, 0.15) is 25.4 Å². The average molecular weight is 526 g/mol. The summed E-state index contributed by atoms with van der Waals surface area (Å²) >= 11 is 0. The molecule has 0 heterocycles. The summed E-state index contributed by atoms with van der Waals surface area (Å²) in [7, 11) is 0. The Hall–Kier alpha value is -5.21. The minimum atomic E-state index is -1.64. The molecule has 0 aliphatic rings. The van der Waals surface area contributed by atoms with Crippen molar-refractivity contribution >= 4 is 29.3 Å². The van der Waals surface area contributed by atoms with Crippen LogP contribution < -0.4 is 0 Å². The number of nitro benzene ring substituents is 2. The number of hydrogen-bond donors (Lipinski definition) is 2. The standard InChI is InChI=1S/C24H18N2O12/c27-22(28)20-16(3-1-5-18(20)25(32)33)13-38-37-12-15-9-7-14(8-10-15)11-36-24(31)17-4-2-6-19(26(34)35)21(17)23(29)30/h1-10H,11-13H2,(H,27,28)(H,29,30). The number of esters is 1. The van der Waals surface area contributed by atoms with Crippen LogP contribution in [0.15, 0.2) is 60.7 Å². The lowest BCUT2D eigenvalue weighted by molar-refractivity contribution is -0.385. The quantitative estimate of drug-likeness (QED) is 0.113. The zero-order valence-electron chi connectivity index (χ0n) is 19.3. The topological polar surface area (TPSA) is 206 Å². The van der Waals surface area contributed by atoms with E-state index in [9.17, 15) is 44.8 Å². The number of carbonyl (C=O) groups is 3.